The molecule has 7 heteroatoms. The number of piperidine rings is 1. The number of methoxy groups -OCH3 is 1. The zero-order valence-corrected chi connectivity index (χ0v) is 19.7. The lowest BCUT2D eigenvalue weighted by molar-refractivity contribution is -0.134. The number of carbonyl (C=O) groups is 2. The monoisotopic (exact) mass is 471 g/mol. The van der Waals surface area contributed by atoms with Gasteiger partial charge >= 0.3 is 0 Å². The van der Waals surface area contributed by atoms with Crippen LogP contribution in [0.15, 0.2) is 77.5 Å². The molecule has 1 fully saturated rings. The van der Waals surface area contributed by atoms with E-state index in [9.17, 15) is 9.59 Å². The molecule has 4 aromatic rings. The summed E-state index contributed by atoms with van der Waals surface area (Å²) in [6, 6.07) is 18.4. The maximum atomic E-state index is 13.6. The van der Waals surface area contributed by atoms with E-state index in [2.05, 4.69) is 22.6 Å². The molecule has 1 aliphatic rings. The molecule has 1 saturated heterocycles. The fourth-order valence-corrected chi connectivity index (χ4v) is 4.90. The van der Waals surface area contributed by atoms with E-state index in [4.69, 9.17) is 9.15 Å². The smallest absolute Gasteiger partial charge is 0.287 e. The number of nitrogens with zero attached hydrogens (tertiary/aromatic N) is 1. The Labute approximate surface area is 204 Å². The van der Waals surface area contributed by atoms with E-state index in [-0.39, 0.29) is 17.6 Å². The van der Waals surface area contributed by atoms with Crippen molar-refractivity contribution >= 4 is 22.7 Å². The second-order valence-corrected chi connectivity index (χ2v) is 8.95. The highest BCUT2D eigenvalue weighted by Gasteiger charge is 2.31. The Balaban J connectivity index is 1.29. The first kappa shape index (κ1) is 22.8. The molecule has 0 bridgehead atoms. The molecule has 35 heavy (non-hydrogen) atoms. The highest BCUT2D eigenvalue weighted by Crippen LogP contribution is 2.35. The van der Waals surface area contributed by atoms with Crippen LogP contribution in [0.3, 0.4) is 0 Å². The number of likely N-dealkylation sites (tertiary alicyclic amines) is 1. The molecule has 1 unspecified atom stereocenters. The van der Waals surface area contributed by atoms with Crippen molar-refractivity contribution in [3.8, 4) is 5.75 Å². The lowest BCUT2D eigenvalue weighted by Crippen LogP contribution is -2.51. The average Bonchev–Trinajstić information content (AvgIpc) is 3.59. The van der Waals surface area contributed by atoms with Gasteiger partial charge in [0.1, 0.15) is 11.8 Å². The number of nitrogens with one attached hydrogen (secondary N) is 2. The Bertz CT molecular complexity index is 1290. The van der Waals surface area contributed by atoms with Crippen LogP contribution in [0.5, 0.6) is 5.75 Å². The Kier molecular flexibility index (Phi) is 6.57. The van der Waals surface area contributed by atoms with Gasteiger partial charge in [-0.05, 0) is 60.2 Å². The first-order valence-corrected chi connectivity index (χ1v) is 11.9. The van der Waals surface area contributed by atoms with E-state index in [1.807, 2.05) is 47.4 Å². The lowest BCUT2D eigenvalue weighted by Gasteiger charge is -2.34. The number of aromatic amines is 1. The van der Waals surface area contributed by atoms with Crippen molar-refractivity contribution < 1.29 is 18.7 Å². The van der Waals surface area contributed by atoms with Gasteiger partial charge in [0.15, 0.2) is 5.76 Å². The maximum absolute atomic E-state index is 13.6. The molecule has 2 N–H and O–H groups in total. The highest BCUT2D eigenvalue weighted by molar-refractivity contribution is 5.95. The molecule has 5 rings (SSSR count). The number of H-pyrrole nitrogens is 1. The molecule has 3 heterocycles. The van der Waals surface area contributed by atoms with Crippen LogP contribution in [0.25, 0.3) is 10.9 Å². The number of fused-ring (bicyclic) bond motifs is 1. The predicted molar refractivity (Wildman–Crippen MR) is 134 cm³/mol. The Morgan fingerprint density at radius 2 is 1.91 bits per heavy atom. The zero-order valence-electron chi connectivity index (χ0n) is 19.7. The molecular weight excluding hydrogens is 442 g/mol. The fourth-order valence-electron chi connectivity index (χ4n) is 4.90. The average molecular weight is 472 g/mol. The van der Waals surface area contributed by atoms with Crippen LogP contribution in [0, 0.1) is 0 Å². The minimum absolute atomic E-state index is 0.0622. The van der Waals surface area contributed by atoms with Gasteiger partial charge in [-0.1, -0.05) is 30.3 Å². The van der Waals surface area contributed by atoms with Gasteiger partial charge in [0, 0.05) is 36.6 Å². The number of benzene rings is 2. The molecular formula is C28H29N3O4. The first-order chi connectivity index (χ1) is 17.1. The Morgan fingerprint density at radius 1 is 1.11 bits per heavy atom. The number of ether oxygens (including phenoxy) is 1. The van der Waals surface area contributed by atoms with Gasteiger partial charge in [0.2, 0.25) is 5.91 Å². The summed E-state index contributed by atoms with van der Waals surface area (Å²) in [7, 11) is 1.67. The maximum Gasteiger partial charge on any atom is 0.287 e. The molecule has 0 spiro atoms. The second kappa shape index (κ2) is 10.1. The van der Waals surface area contributed by atoms with Crippen LogP contribution < -0.4 is 10.1 Å². The molecule has 1 aliphatic heterocycles. The van der Waals surface area contributed by atoms with Crippen molar-refractivity contribution in [3.05, 3.63) is 90.0 Å². The van der Waals surface area contributed by atoms with Crippen LogP contribution >= 0.6 is 0 Å². The zero-order chi connectivity index (χ0) is 24.2. The number of carbonyl (C=O) groups excluding carboxylic acids is 2. The minimum Gasteiger partial charge on any atom is -0.497 e. The van der Waals surface area contributed by atoms with Crippen LogP contribution in [-0.2, 0) is 11.2 Å². The van der Waals surface area contributed by atoms with Crippen LogP contribution in [-0.4, -0.2) is 47.9 Å². The summed E-state index contributed by atoms with van der Waals surface area (Å²) in [5.41, 5.74) is 3.34. The number of amides is 2. The third kappa shape index (κ3) is 4.94. The van der Waals surface area contributed by atoms with Crippen LogP contribution in [0.4, 0.5) is 0 Å². The van der Waals surface area contributed by atoms with Crippen LogP contribution in [0.1, 0.15) is 40.4 Å². The number of rotatable bonds is 7. The fraction of sp³-hybridized carbons (Fsp3) is 0.286. The predicted octanol–water partition coefficient (Wildman–Crippen LogP) is 4.52. The van der Waals surface area contributed by atoms with E-state index < -0.39 is 6.04 Å². The number of hydrogen-bond donors (Lipinski definition) is 2. The van der Waals surface area contributed by atoms with Crippen LogP contribution in [0.2, 0.25) is 0 Å². The third-order valence-corrected chi connectivity index (χ3v) is 6.80. The van der Waals surface area contributed by atoms with Gasteiger partial charge < -0.3 is 24.4 Å². The summed E-state index contributed by atoms with van der Waals surface area (Å²) in [6.07, 6.45) is 5.68. The molecule has 0 aliphatic carbocycles. The third-order valence-electron chi connectivity index (χ3n) is 6.80. The summed E-state index contributed by atoms with van der Waals surface area (Å²) in [5, 5.41) is 4.07. The summed E-state index contributed by atoms with van der Waals surface area (Å²) >= 11 is 0. The Hall–Kier alpha value is -4.00. The van der Waals surface area contributed by atoms with Crippen molar-refractivity contribution in [2.75, 3.05) is 20.2 Å². The molecule has 2 aromatic carbocycles. The van der Waals surface area contributed by atoms with Gasteiger partial charge in [-0.3, -0.25) is 9.59 Å². The van der Waals surface area contributed by atoms with Crippen molar-refractivity contribution in [2.45, 2.75) is 31.2 Å². The Morgan fingerprint density at radius 3 is 2.63 bits per heavy atom. The molecule has 0 radical (unpaired) electrons. The van der Waals surface area contributed by atoms with E-state index in [0.717, 1.165) is 29.7 Å². The summed E-state index contributed by atoms with van der Waals surface area (Å²) in [6.45, 7) is 1.28. The molecule has 0 saturated carbocycles. The summed E-state index contributed by atoms with van der Waals surface area (Å²) in [4.78, 5) is 31.5. The summed E-state index contributed by atoms with van der Waals surface area (Å²) < 4.78 is 10.6. The van der Waals surface area contributed by atoms with Crippen molar-refractivity contribution in [1.29, 1.82) is 0 Å². The van der Waals surface area contributed by atoms with Gasteiger partial charge in [-0.25, -0.2) is 0 Å². The number of hydrogen-bond acceptors (Lipinski definition) is 4. The topological polar surface area (TPSA) is 87.6 Å². The van der Waals surface area contributed by atoms with Gasteiger partial charge in [0.05, 0.1) is 13.4 Å². The molecule has 180 valence electrons. The molecule has 1 atom stereocenters. The lowest BCUT2D eigenvalue weighted by atomic mass is 9.88. The van der Waals surface area contributed by atoms with Gasteiger partial charge in [-0.15, -0.1) is 0 Å². The molecule has 7 nitrogen and oxygen atoms in total. The quantitative estimate of drug-likeness (QED) is 0.415. The minimum atomic E-state index is -0.663. The SMILES string of the molecule is COc1ccc2[nH]cc(C3CCN(C(=O)C(Cc4ccccc4)NC(=O)c4ccco4)CC3)c2c1. The number of aromatic nitrogens is 1. The standard InChI is InChI=1S/C28H29N3O4/c1-34-21-9-10-24-22(17-21)23(18-29-24)20-11-13-31(14-12-20)28(33)25(16-19-6-3-2-4-7-19)30-27(32)26-8-5-15-35-26/h2-10,15,17-18,20,25,29H,11-14,16H2,1H3,(H,30,32). The largest absolute Gasteiger partial charge is 0.497 e. The number of furan rings is 1. The first-order valence-electron chi connectivity index (χ1n) is 11.9. The van der Waals surface area contributed by atoms with Crippen molar-refractivity contribution in [1.82, 2.24) is 15.2 Å². The van der Waals surface area contributed by atoms with Crippen molar-refractivity contribution in [3.63, 3.8) is 0 Å². The molecule has 2 amide bonds. The highest BCUT2D eigenvalue weighted by atomic mass is 16.5. The van der Waals surface area contributed by atoms with E-state index in [0.29, 0.717) is 25.4 Å². The summed E-state index contributed by atoms with van der Waals surface area (Å²) in [5.74, 6) is 0.941. The normalized spacial score (nSPS) is 15.2. The molecule has 2 aromatic heterocycles. The van der Waals surface area contributed by atoms with E-state index >= 15 is 0 Å². The van der Waals surface area contributed by atoms with E-state index in [1.54, 1.807) is 19.2 Å². The van der Waals surface area contributed by atoms with Gasteiger partial charge in [-0.2, -0.15) is 0 Å². The van der Waals surface area contributed by atoms with Crippen molar-refractivity contribution in [2.24, 2.45) is 0 Å². The van der Waals surface area contributed by atoms with E-state index in [1.165, 1.54) is 17.2 Å². The second-order valence-electron chi connectivity index (χ2n) is 8.95. The van der Waals surface area contributed by atoms with Gasteiger partial charge in [0.25, 0.3) is 5.91 Å².